The second kappa shape index (κ2) is 8.29. The van der Waals surface area contributed by atoms with Crippen molar-refractivity contribution in [3.63, 3.8) is 0 Å². The molecule has 0 saturated carbocycles. The van der Waals surface area contributed by atoms with Gasteiger partial charge in [0.05, 0.1) is 12.2 Å². The average molecular weight is 338 g/mol. The first-order valence-electron chi connectivity index (χ1n) is 7.64. The van der Waals surface area contributed by atoms with Gasteiger partial charge in [0.1, 0.15) is 5.00 Å². The molecule has 22 heavy (non-hydrogen) atoms. The largest absolute Gasteiger partial charge is 0.462 e. The molecule has 1 heterocycles. The monoisotopic (exact) mass is 338 g/mol. The summed E-state index contributed by atoms with van der Waals surface area (Å²) >= 11 is 6.89. The number of carbonyl (C=O) groups is 1. The predicted molar refractivity (Wildman–Crippen MR) is 96.0 cm³/mol. The summed E-state index contributed by atoms with van der Waals surface area (Å²) in [5, 5.41) is 7.48. The molecular formula is C16H22N2O2S2. The van der Waals surface area contributed by atoms with Gasteiger partial charge in [-0.3, -0.25) is 0 Å². The standard InChI is InChI=1S/C16H22N2O2S2/c1-3-10-17-16(21)18-14-13(15(19)20-4-2)11-8-6-5-7-9-12(11)22-14/h3H,1,4-10H2,2H3,(H2,17,18,21). The van der Waals surface area contributed by atoms with E-state index < -0.39 is 0 Å². The summed E-state index contributed by atoms with van der Waals surface area (Å²) in [4.78, 5) is 13.7. The highest BCUT2D eigenvalue weighted by Gasteiger charge is 2.25. The number of rotatable bonds is 5. The van der Waals surface area contributed by atoms with Gasteiger partial charge >= 0.3 is 5.97 Å². The highest BCUT2D eigenvalue weighted by atomic mass is 32.1. The molecule has 0 bridgehead atoms. The van der Waals surface area contributed by atoms with Gasteiger partial charge in [0, 0.05) is 11.4 Å². The van der Waals surface area contributed by atoms with Crippen molar-refractivity contribution in [2.75, 3.05) is 18.5 Å². The van der Waals surface area contributed by atoms with Gasteiger partial charge in [-0.1, -0.05) is 12.5 Å². The number of thiocarbonyl (C=S) groups is 1. The van der Waals surface area contributed by atoms with Crippen molar-refractivity contribution in [3.8, 4) is 0 Å². The predicted octanol–water partition coefficient (Wildman–Crippen LogP) is 3.67. The number of esters is 1. The van der Waals surface area contributed by atoms with Crippen molar-refractivity contribution in [1.29, 1.82) is 0 Å². The fourth-order valence-electron chi connectivity index (χ4n) is 2.56. The van der Waals surface area contributed by atoms with Crippen LogP contribution in [0.25, 0.3) is 0 Å². The van der Waals surface area contributed by atoms with E-state index in [0.717, 1.165) is 29.8 Å². The zero-order chi connectivity index (χ0) is 15.9. The highest BCUT2D eigenvalue weighted by molar-refractivity contribution is 7.80. The topological polar surface area (TPSA) is 50.4 Å². The van der Waals surface area contributed by atoms with Crippen molar-refractivity contribution in [2.45, 2.75) is 39.0 Å². The zero-order valence-electron chi connectivity index (χ0n) is 12.9. The van der Waals surface area contributed by atoms with Crippen LogP contribution < -0.4 is 10.6 Å². The molecule has 0 unspecified atom stereocenters. The molecule has 2 rings (SSSR count). The smallest absolute Gasteiger partial charge is 0.341 e. The van der Waals surface area contributed by atoms with Gasteiger partial charge in [0.15, 0.2) is 5.11 Å². The van der Waals surface area contributed by atoms with Crippen molar-refractivity contribution in [2.24, 2.45) is 0 Å². The van der Waals surface area contributed by atoms with Crippen LogP contribution in [0.5, 0.6) is 0 Å². The quantitative estimate of drug-likeness (QED) is 0.371. The maximum absolute atomic E-state index is 12.4. The van der Waals surface area contributed by atoms with Crippen molar-refractivity contribution in [3.05, 3.63) is 28.7 Å². The first-order valence-corrected chi connectivity index (χ1v) is 8.87. The Balaban J connectivity index is 2.29. The van der Waals surface area contributed by atoms with E-state index in [1.807, 2.05) is 6.92 Å². The minimum Gasteiger partial charge on any atom is -0.462 e. The van der Waals surface area contributed by atoms with E-state index in [1.165, 1.54) is 17.7 Å². The summed E-state index contributed by atoms with van der Waals surface area (Å²) < 4.78 is 5.24. The van der Waals surface area contributed by atoms with Gasteiger partial charge in [-0.25, -0.2) is 4.79 Å². The minimum atomic E-state index is -0.254. The molecule has 1 aliphatic carbocycles. The normalized spacial score (nSPS) is 13.7. The van der Waals surface area contributed by atoms with Crippen LogP contribution in [-0.4, -0.2) is 24.2 Å². The number of carbonyl (C=O) groups excluding carboxylic acids is 1. The lowest BCUT2D eigenvalue weighted by molar-refractivity contribution is 0.0527. The summed E-state index contributed by atoms with van der Waals surface area (Å²) in [6.45, 7) is 6.44. The van der Waals surface area contributed by atoms with E-state index in [-0.39, 0.29) is 5.97 Å². The number of ether oxygens (including phenoxy) is 1. The second-order valence-corrected chi connectivity index (χ2v) is 6.63. The number of thiophene rings is 1. The molecule has 0 amide bonds. The molecule has 1 aromatic heterocycles. The van der Waals surface area contributed by atoms with Crippen LogP contribution in [0, 0.1) is 0 Å². The van der Waals surface area contributed by atoms with Crippen molar-refractivity contribution >= 4 is 39.6 Å². The number of nitrogens with one attached hydrogen (secondary N) is 2. The molecule has 0 spiro atoms. The summed E-state index contributed by atoms with van der Waals surface area (Å²) in [6, 6.07) is 0. The summed E-state index contributed by atoms with van der Waals surface area (Å²) in [5.41, 5.74) is 1.82. The maximum atomic E-state index is 12.4. The van der Waals surface area contributed by atoms with Crippen LogP contribution in [0.3, 0.4) is 0 Å². The maximum Gasteiger partial charge on any atom is 0.341 e. The van der Waals surface area contributed by atoms with Crippen molar-refractivity contribution in [1.82, 2.24) is 5.32 Å². The van der Waals surface area contributed by atoms with E-state index in [0.29, 0.717) is 23.8 Å². The lowest BCUT2D eigenvalue weighted by Gasteiger charge is -2.10. The Kier molecular flexibility index (Phi) is 6.39. The van der Waals surface area contributed by atoms with E-state index in [9.17, 15) is 4.79 Å². The third-order valence-electron chi connectivity index (χ3n) is 3.53. The molecule has 120 valence electrons. The molecule has 0 aliphatic heterocycles. The molecule has 0 aromatic carbocycles. The fourth-order valence-corrected chi connectivity index (χ4v) is 4.09. The van der Waals surface area contributed by atoms with Gasteiger partial charge < -0.3 is 15.4 Å². The second-order valence-electron chi connectivity index (χ2n) is 5.11. The van der Waals surface area contributed by atoms with Crippen LogP contribution in [0.2, 0.25) is 0 Å². The van der Waals surface area contributed by atoms with E-state index >= 15 is 0 Å². The number of anilines is 1. The Hall–Kier alpha value is -1.40. The molecule has 0 fully saturated rings. The van der Waals surface area contributed by atoms with E-state index in [4.69, 9.17) is 17.0 Å². The molecule has 0 atom stereocenters. The van der Waals surface area contributed by atoms with Crippen LogP contribution >= 0.6 is 23.6 Å². The van der Waals surface area contributed by atoms with Crippen LogP contribution in [0.1, 0.15) is 47.0 Å². The lowest BCUT2D eigenvalue weighted by Crippen LogP contribution is -2.28. The van der Waals surface area contributed by atoms with Crippen LogP contribution in [0.15, 0.2) is 12.7 Å². The molecule has 1 aliphatic rings. The summed E-state index contributed by atoms with van der Waals surface area (Å²) in [7, 11) is 0. The molecule has 0 radical (unpaired) electrons. The lowest BCUT2D eigenvalue weighted by atomic mass is 10.1. The molecule has 1 aromatic rings. The van der Waals surface area contributed by atoms with E-state index in [1.54, 1.807) is 17.4 Å². The Labute approximate surface area is 140 Å². The Morgan fingerprint density at radius 2 is 2.18 bits per heavy atom. The molecule has 2 N–H and O–H groups in total. The zero-order valence-corrected chi connectivity index (χ0v) is 14.5. The molecular weight excluding hydrogens is 316 g/mol. The van der Waals surface area contributed by atoms with Gasteiger partial charge in [-0.2, -0.15) is 0 Å². The number of aryl methyl sites for hydroxylation is 1. The SMILES string of the molecule is C=CCNC(=S)Nc1sc2c(c1C(=O)OCC)CCCCC2. The first-order chi connectivity index (χ1) is 10.7. The van der Waals surface area contributed by atoms with Crippen LogP contribution in [-0.2, 0) is 17.6 Å². The molecule has 0 saturated heterocycles. The Morgan fingerprint density at radius 1 is 1.41 bits per heavy atom. The van der Waals surface area contributed by atoms with Gasteiger partial charge in [-0.15, -0.1) is 17.9 Å². The Morgan fingerprint density at radius 3 is 2.91 bits per heavy atom. The van der Waals surface area contributed by atoms with E-state index in [2.05, 4.69) is 17.2 Å². The minimum absolute atomic E-state index is 0.254. The third-order valence-corrected chi connectivity index (χ3v) is 4.99. The van der Waals surface area contributed by atoms with Crippen molar-refractivity contribution < 1.29 is 9.53 Å². The molecule has 4 nitrogen and oxygen atoms in total. The molecule has 6 heteroatoms. The fraction of sp³-hybridized carbons (Fsp3) is 0.500. The van der Waals surface area contributed by atoms with Gasteiger partial charge in [-0.05, 0) is 50.4 Å². The van der Waals surface area contributed by atoms with Gasteiger partial charge in [0.25, 0.3) is 0 Å². The highest BCUT2D eigenvalue weighted by Crippen LogP contribution is 2.37. The number of fused-ring (bicyclic) bond motifs is 1. The Bertz CT molecular complexity index is 567. The average Bonchev–Trinajstić information content (AvgIpc) is 2.67. The number of hydrogen-bond acceptors (Lipinski definition) is 4. The third kappa shape index (κ3) is 4.08. The number of hydrogen-bond donors (Lipinski definition) is 2. The summed E-state index contributed by atoms with van der Waals surface area (Å²) in [5.74, 6) is -0.254. The first kappa shape index (κ1) is 17.0. The van der Waals surface area contributed by atoms with Crippen LogP contribution in [0.4, 0.5) is 5.00 Å². The van der Waals surface area contributed by atoms with Gasteiger partial charge in [0.2, 0.25) is 0 Å². The summed E-state index contributed by atoms with van der Waals surface area (Å²) in [6.07, 6.45) is 7.22.